The van der Waals surface area contributed by atoms with Crippen molar-refractivity contribution in [3.8, 4) is 0 Å². The van der Waals surface area contributed by atoms with Crippen LogP contribution in [-0.4, -0.2) is 25.0 Å². The third-order valence-electron chi connectivity index (χ3n) is 3.26. The van der Waals surface area contributed by atoms with Crippen molar-refractivity contribution in [3.05, 3.63) is 42.0 Å². The van der Waals surface area contributed by atoms with Crippen molar-refractivity contribution < 1.29 is 0 Å². The molecule has 0 radical (unpaired) electrons. The van der Waals surface area contributed by atoms with Gasteiger partial charge in [-0.05, 0) is 50.4 Å². The molecule has 1 aromatic carbocycles. The fraction of sp³-hybridized carbons (Fsp3) is 0.529. The first-order valence-electron chi connectivity index (χ1n) is 7.00. The van der Waals surface area contributed by atoms with E-state index < -0.39 is 0 Å². The molecule has 0 aliphatic heterocycles. The van der Waals surface area contributed by atoms with Crippen molar-refractivity contribution in [2.45, 2.75) is 33.6 Å². The zero-order valence-electron chi connectivity index (χ0n) is 12.3. The molecule has 0 amide bonds. The van der Waals surface area contributed by atoms with Gasteiger partial charge in [0.25, 0.3) is 0 Å². The van der Waals surface area contributed by atoms with Crippen LogP contribution in [0.15, 0.2) is 36.4 Å². The summed E-state index contributed by atoms with van der Waals surface area (Å²) >= 11 is 0. The third-order valence-corrected chi connectivity index (χ3v) is 3.26. The van der Waals surface area contributed by atoms with E-state index in [1.165, 1.54) is 30.5 Å². The summed E-state index contributed by atoms with van der Waals surface area (Å²) in [7, 11) is 2.20. The Hall–Kier alpha value is -1.08. The first kappa shape index (κ1) is 15.0. The Bertz CT molecular complexity index is 351. The van der Waals surface area contributed by atoms with E-state index in [1.54, 1.807) is 0 Å². The molecule has 0 heterocycles. The van der Waals surface area contributed by atoms with Crippen LogP contribution < -0.4 is 0 Å². The van der Waals surface area contributed by atoms with Gasteiger partial charge in [-0.2, -0.15) is 0 Å². The lowest BCUT2D eigenvalue weighted by Crippen LogP contribution is -2.20. The van der Waals surface area contributed by atoms with Crippen molar-refractivity contribution in [1.82, 2.24) is 4.90 Å². The molecule has 1 aromatic rings. The predicted molar refractivity (Wildman–Crippen MR) is 81.7 cm³/mol. The Labute approximate surface area is 113 Å². The number of nitrogens with zero attached hydrogens (tertiary/aromatic N) is 1. The maximum absolute atomic E-state index is 2.40. The van der Waals surface area contributed by atoms with E-state index in [0.717, 1.165) is 12.5 Å². The number of likely N-dealkylation sites (N-methyl/N-ethyl adjacent to an activating group) is 1. The van der Waals surface area contributed by atoms with Crippen LogP contribution in [0.4, 0.5) is 0 Å². The summed E-state index contributed by atoms with van der Waals surface area (Å²) in [6.07, 6.45) is 4.95. The predicted octanol–water partition coefficient (Wildman–Crippen LogP) is 4.46. The van der Waals surface area contributed by atoms with Gasteiger partial charge in [0, 0.05) is 6.54 Å². The van der Waals surface area contributed by atoms with Crippen LogP contribution in [-0.2, 0) is 0 Å². The highest BCUT2D eigenvalue weighted by Crippen LogP contribution is 2.12. The molecule has 0 aromatic heterocycles. The van der Waals surface area contributed by atoms with Gasteiger partial charge in [0.05, 0.1) is 0 Å². The molecule has 0 aliphatic carbocycles. The van der Waals surface area contributed by atoms with Crippen LogP contribution in [0.3, 0.4) is 0 Å². The van der Waals surface area contributed by atoms with E-state index in [2.05, 4.69) is 69.1 Å². The van der Waals surface area contributed by atoms with Crippen LogP contribution in [0.25, 0.3) is 5.57 Å². The standard InChI is InChI=1S/C17H27N/c1-15(2)9-8-13-18(4)14-12-16(3)17-10-6-5-7-11-17/h5-7,10-12,15H,8-9,13-14H2,1-4H3/b16-12+. The normalized spacial score (nSPS) is 12.4. The maximum atomic E-state index is 2.40. The molecule has 1 rings (SSSR count). The van der Waals surface area contributed by atoms with Crippen molar-refractivity contribution in [1.29, 1.82) is 0 Å². The van der Waals surface area contributed by atoms with E-state index in [9.17, 15) is 0 Å². The fourth-order valence-corrected chi connectivity index (χ4v) is 1.97. The SMILES string of the molecule is C/C(=C\CN(C)CCCC(C)C)c1ccccc1. The molecule has 0 N–H and O–H groups in total. The summed E-state index contributed by atoms with van der Waals surface area (Å²) in [6, 6.07) is 10.6. The van der Waals surface area contributed by atoms with Gasteiger partial charge in [-0.1, -0.05) is 50.3 Å². The molecule has 0 aliphatic rings. The van der Waals surface area contributed by atoms with E-state index in [-0.39, 0.29) is 0 Å². The molecule has 0 fully saturated rings. The first-order chi connectivity index (χ1) is 8.59. The number of benzene rings is 1. The molecule has 0 bridgehead atoms. The van der Waals surface area contributed by atoms with Gasteiger partial charge in [0.15, 0.2) is 0 Å². The number of hydrogen-bond donors (Lipinski definition) is 0. The highest BCUT2D eigenvalue weighted by Gasteiger charge is 1.99. The topological polar surface area (TPSA) is 3.24 Å². The average molecular weight is 245 g/mol. The van der Waals surface area contributed by atoms with Gasteiger partial charge in [-0.25, -0.2) is 0 Å². The summed E-state index contributed by atoms with van der Waals surface area (Å²) in [6.45, 7) is 9.01. The van der Waals surface area contributed by atoms with Crippen molar-refractivity contribution in [2.75, 3.05) is 20.1 Å². The van der Waals surface area contributed by atoms with E-state index >= 15 is 0 Å². The molecular weight excluding hydrogens is 218 g/mol. The summed E-state index contributed by atoms with van der Waals surface area (Å²) < 4.78 is 0. The van der Waals surface area contributed by atoms with Crippen LogP contribution in [0, 0.1) is 5.92 Å². The fourth-order valence-electron chi connectivity index (χ4n) is 1.97. The smallest absolute Gasteiger partial charge is 0.0165 e. The van der Waals surface area contributed by atoms with Crippen LogP contribution in [0.1, 0.15) is 39.2 Å². The summed E-state index contributed by atoms with van der Waals surface area (Å²) in [5.41, 5.74) is 2.69. The van der Waals surface area contributed by atoms with E-state index in [0.29, 0.717) is 0 Å². The van der Waals surface area contributed by atoms with Gasteiger partial charge in [-0.3, -0.25) is 0 Å². The summed E-state index contributed by atoms with van der Waals surface area (Å²) in [5, 5.41) is 0. The highest BCUT2D eigenvalue weighted by molar-refractivity contribution is 5.63. The minimum atomic E-state index is 0.819. The first-order valence-corrected chi connectivity index (χ1v) is 7.00. The monoisotopic (exact) mass is 245 g/mol. The number of rotatable bonds is 7. The molecule has 18 heavy (non-hydrogen) atoms. The lowest BCUT2D eigenvalue weighted by atomic mass is 10.1. The van der Waals surface area contributed by atoms with E-state index in [4.69, 9.17) is 0 Å². The molecule has 0 spiro atoms. The maximum Gasteiger partial charge on any atom is 0.0165 e. The number of hydrogen-bond acceptors (Lipinski definition) is 1. The van der Waals surface area contributed by atoms with Gasteiger partial charge >= 0.3 is 0 Å². The average Bonchev–Trinajstić information content (AvgIpc) is 2.36. The second kappa shape index (κ2) is 8.10. The molecular formula is C17H27N. The Balaban J connectivity index is 2.34. The molecule has 1 nitrogen and oxygen atoms in total. The minimum absolute atomic E-state index is 0.819. The number of allylic oxidation sites excluding steroid dienone is 1. The summed E-state index contributed by atoms with van der Waals surface area (Å²) in [4.78, 5) is 2.40. The van der Waals surface area contributed by atoms with Gasteiger partial charge in [0.1, 0.15) is 0 Å². The van der Waals surface area contributed by atoms with Crippen LogP contribution >= 0.6 is 0 Å². The van der Waals surface area contributed by atoms with Crippen LogP contribution in [0.5, 0.6) is 0 Å². The lowest BCUT2D eigenvalue weighted by Gasteiger charge is -2.15. The lowest BCUT2D eigenvalue weighted by molar-refractivity contribution is 0.348. The van der Waals surface area contributed by atoms with E-state index in [1.807, 2.05) is 0 Å². The minimum Gasteiger partial charge on any atom is -0.303 e. The zero-order chi connectivity index (χ0) is 13.4. The molecule has 0 saturated carbocycles. The highest BCUT2D eigenvalue weighted by atomic mass is 15.1. The molecule has 100 valence electrons. The van der Waals surface area contributed by atoms with Crippen molar-refractivity contribution in [2.24, 2.45) is 5.92 Å². The van der Waals surface area contributed by atoms with Crippen LogP contribution in [0.2, 0.25) is 0 Å². The summed E-state index contributed by atoms with van der Waals surface area (Å²) in [5.74, 6) is 0.819. The molecule has 0 unspecified atom stereocenters. The second-order valence-electron chi connectivity index (χ2n) is 5.55. The van der Waals surface area contributed by atoms with Gasteiger partial charge in [-0.15, -0.1) is 0 Å². The molecule has 1 heteroatoms. The van der Waals surface area contributed by atoms with Gasteiger partial charge < -0.3 is 4.90 Å². The Morgan fingerprint density at radius 2 is 1.89 bits per heavy atom. The Kier molecular flexibility index (Phi) is 6.74. The molecule has 0 saturated heterocycles. The van der Waals surface area contributed by atoms with Gasteiger partial charge in [0.2, 0.25) is 0 Å². The zero-order valence-corrected chi connectivity index (χ0v) is 12.3. The van der Waals surface area contributed by atoms with Crippen molar-refractivity contribution in [3.63, 3.8) is 0 Å². The Morgan fingerprint density at radius 1 is 1.22 bits per heavy atom. The van der Waals surface area contributed by atoms with Crippen molar-refractivity contribution >= 4 is 5.57 Å². The Morgan fingerprint density at radius 3 is 2.50 bits per heavy atom. The largest absolute Gasteiger partial charge is 0.303 e. The molecule has 0 atom stereocenters. The third kappa shape index (κ3) is 6.02. The quantitative estimate of drug-likeness (QED) is 0.685. The second-order valence-corrected chi connectivity index (χ2v) is 5.55.